The summed E-state index contributed by atoms with van der Waals surface area (Å²) in [5.41, 5.74) is 19.1. The third kappa shape index (κ3) is 21.0. The molecule has 2 heterocycles. The number of guanidine groups is 2. The molecular formula is C40H86N8. The Kier molecular flexibility index (Phi) is 19.3. The highest BCUT2D eigenvalue weighted by Gasteiger charge is 2.40. The maximum Gasteiger partial charge on any atom is 0.219 e. The minimum Gasteiger partial charge on any atom is -0.369 e. The lowest BCUT2D eigenvalue weighted by molar-refractivity contribution is 0.102. The second-order valence-corrected chi connectivity index (χ2v) is 19.5. The fourth-order valence-electron chi connectivity index (χ4n) is 8.75. The Labute approximate surface area is 300 Å². The van der Waals surface area contributed by atoms with E-state index in [0.717, 1.165) is 64.0 Å². The van der Waals surface area contributed by atoms with Crippen molar-refractivity contribution in [3.63, 3.8) is 0 Å². The Morgan fingerprint density at radius 3 is 1.58 bits per heavy atom. The predicted molar refractivity (Wildman–Crippen MR) is 215 cm³/mol. The van der Waals surface area contributed by atoms with Gasteiger partial charge < -0.3 is 32.7 Å². The van der Waals surface area contributed by atoms with Crippen molar-refractivity contribution in [2.75, 3.05) is 13.1 Å². The Hall–Kier alpha value is -1.38. The average Bonchev–Trinajstić information content (AvgIpc) is 2.81. The molecule has 0 aromatic heterocycles. The second kappa shape index (κ2) is 19.9. The van der Waals surface area contributed by atoms with Gasteiger partial charge in [0.05, 0.1) is 5.54 Å². The molecule has 0 aliphatic carbocycles. The molecule has 2 fully saturated rings. The number of hydrogen-bond acceptors (Lipinski definition) is 4. The molecule has 0 spiro atoms. The number of unbranched alkanes of at least 4 members (excludes halogenated alkanes) is 3. The number of nitrogens with one attached hydrogen (secondary N) is 2. The van der Waals surface area contributed by atoms with Gasteiger partial charge in [-0.25, -0.2) is 4.99 Å². The lowest BCUT2D eigenvalue weighted by Gasteiger charge is -2.50. The smallest absolute Gasteiger partial charge is 0.219 e. The van der Waals surface area contributed by atoms with Crippen molar-refractivity contribution in [1.29, 1.82) is 0 Å². The first-order chi connectivity index (χ1) is 21.7. The molecule has 0 aromatic rings. The number of hydrogen-bond donors (Lipinski definition) is 5. The molecule has 0 saturated carbocycles. The van der Waals surface area contributed by atoms with Crippen LogP contribution in [0.3, 0.4) is 0 Å². The first kappa shape index (κ1) is 46.6. The zero-order chi connectivity index (χ0) is 37.6. The van der Waals surface area contributed by atoms with Gasteiger partial charge in [-0.3, -0.25) is 0 Å². The molecule has 2 saturated heterocycles. The van der Waals surface area contributed by atoms with Gasteiger partial charge in [-0.05, 0) is 132 Å². The lowest BCUT2D eigenvalue weighted by atomic mass is 9.74. The quantitative estimate of drug-likeness (QED) is 0.0844. The van der Waals surface area contributed by atoms with Gasteiger partial charge in [0, 0.05) is 34.7 Å². The summed E-state index contributed by atoms with van der Waals surface area (Å²) >= 11 is 0. The van der Waals surface area contributed by atoms with Crippen LogP contribution in [-0.4, -0.2) is 63.6 Å². The van der Waals surface area contributed by atoms with E-state index in [1.807, 2.05) is 0 Å². The van der Waals surface area contributed by atoms with E-state index in [2.05, 4.69) is 131 Å². The van der Waals surface area contributed by atoms with Crippen molar-refractivity contribution in [3.8, 4) is 0 Å². The van der Waals surface area contributed by atoms with Gasteiger partial charge in [0.1, 0.15) is 0 Å². The molecule has 8 nitrogen and oxygen atoms in total. The first-order valence-electron chi connectivity index (χ1n) is 19.5. The molecule has 8 heteroatoms. The highest BCUT2D eigenvalue weighted by molar-refractivity contribution is 5.93. The monoisotopic (exact) mass is 679 g/mol. The van der Waals surface area contributed by atoms with Gasteiger partial charge >= 0.3 is 0 Å². The van der Waals surface area contributed by atoms with E-state index in [1.165, 1.54) is 32.1 Å². The largest absolute Gasteiger partial charge is 0.369 e. The lowest BCUT2D eigenvalue weighted by Crippen LogP contribution is -2.63. The number of nitrogens with two attached hydrogens (primary N) is 3. The Morgan fingerprint density at radius 1 is 0.729 bits per heavy atom. The molecule has 0 radical (unpaired) electrons. The molecule has 0 bridgehead atoms. The van der Waals surface area contributed by atoms with Gasteiger partial charge in [0.25, 0.3) is 0 Å². The van der Waals surface area contributed by atoms with Crippen molar-refractivity contribution in [3.05, 3.63) is 0 Å². The van der Waals surface area contributed by atoms with Gasteiger partial charge in [-0.1, -0.05) is 73.6 Å². The van der Waals surface area contributed by atoms with Crippen LogP contribution in [0.1, 0.15) is 188 Å². The molecule has 0 atom stereocenters. The normalized spacial score (nSPS) is 21.4. The minimum absolute atomic E-state index is 0.0266. The van der Waals surface area contributed by atoms with Crippen LogP contribution >= 0.6 is 0 Å². The van der Waals surface area contributed by atoms with Crippen LogP contribution in [-0.2, 0) is 0 Å². The van der Waals surface area contributed by atoms with E-state index in [9.17, 15) is 0 Å². The summed E-state index contributed by atoms with van der Waals surface area (Å²) < 4.78 is 0. The van der Waals surface area contributed by atoms with Gasteiger partial charge in [0.2, 0.25) is 5.96 Å². The molecular weight excluding hydrogens is 592 g/mol. The van der Waals surface area contributed by atoms with Crippen molar-refractivity contribution >= 4 is 11.9 Å². The van der Waals surface area contributed by atoms with Crippen molar-refractivity contribution in [2.45, 2.75) is 222 Å². The average molecular weight is 679 g/mol. The topological polar surface area (TPSA) is 130 Å². The van der Waals surface area contributed by atoms with E-state index in [1.54, 1.807) is 0 Å². The van der Waals surface area contributed by atoms with Crippen LogP contribution in [0.5, 0.6) is 0 Å². The molecule has 0 aromatic carbocycles. The zero-order valence-electron chi connectivity index (χ0n) is 35.1. The molecule has 2 rings (SSSR count). The number of piperidine rings is 2. The van der Waals surface area contributed by atoms with Crippen molar-refractivity contribution < 1.29 is 0 Å². The molecule has 0 unspecified atom stereocenters. The summed E-state index contributed by atoms with van der Waals surface area (Å²) in [5.74, 6) is 1.67. The Balaban J connectivity index is 0.00000114. The highest BCUT2D eigenvalue weighted by Crippen LogP contribution is 2.35. The van der Waals surface area contributed by atoms with Crippen LogP contribution in [0.15, 0.2) is 9.98 Å². The van der Waals surface area contributed by atoms with Crippen LogP contribution in [0.25, 0.3) is 0 Å². The number of aliphatic imine (C=N–C) groups is 2. The fraction of sp³-hybridized carbons (Fsp3) is 0.950. The van der Waals surface area contributed by atoms with Crippen LogP contribution < -0.4 is 27.8 Å². The van der Waals surface area contributed by atoms with Crippen LogP contribution in [0, 0.1) is 11.3 Å². The third-order valence-corrected chi connectivity index (χ3v) is 8.84. The summed E-state index contributed by atoms with van der Waals surface area (Å²) in [6.07, 6.45) is 14.0. The first-order valence-corrected chi connectivity index (χ1v) is 19.5. The summed E-state index contributed by atoms with van der Waals surface area (Å²) in [6, 6.07) is 0.301. The maximum absolute atomic E-state index is 6.59. The number of nitrogens with zero attached hydrogens (tertiary/aromatic N) is 3. The van der Waals surface area contributed by atoms with Gasteiger partial charge in [-0.2, -0.15) is 4.99 Å². The van der Waals surface area contributed by atoms with E-state index in [4.69, 9.17) is 22.2 Å². The predicted octanol–water partition coefficient (Wildman–Crippen LogP) is 8.72. The van der Waals surface area contributed by atoms with Crippen molar-refractivity contribution in [1.82, 2.24) is 15.5 Å². The summed E-state index contributed by atoms with van der Waals surface area (Å²) in [5, 5.41) is 7.48. The zero-order valence-corrected chi connectivity index (χ0v) is 35.1. The summed E-state index contributed by atoms with van der Waals surface area (Å²) in [7, 11) is 0. The standard InChI is InChI=1S/C25H53N7.C12H25N.C3H8/c1-22(2,3)18-25(8,9)30-20(27)29-21(28)32(15-13-11-10-12-14-26)19-16-23(4,5)31-24(6,7)17-19;1-6-7-10-8-11(2,3)13-12(4,5)9-10;1-3-2/h19,31H,10-18,26H2,1-9H3,(H4,27,28,29,30);10,13H,6-9H2,1-5H3;3H2,1-2H3. The second-order valence-electron chi connectivity index (χ2n) is 19.5. The molecule has 48 heavy (non-hydrogen) atoms. The fourth-order valence-corrected chi connectivity index (χ4v) is 8.75. The number of rotatable bonds is 11. The van der Waals surface area contributed by atoms with E-state index in [0.29, 0.717) is 23.1 Å². The Bertz CT molecular complexity index is 923. The molecule has 2 aliphatic heterocycles. The molecule has 8 N–H and O–H groups in total. The van der Waals surface area contributed by atoms with Gasteiger partial charge in [-0.15, -0.1) is 0 Å². The van der Waals surface area contributed by atoms with E-state index >= 15 is 0 Å². The van der Waals surface area contributed by atoms with Crippen LogP contribution in [0.4, 0.5) is 0 Å². The molecule has 2 aliphatic rings. The summed E-state index contributed by atoms with van der Waals surface area (Å²) in [4.78, 5) is 11.6. The molecule has 0 amide bonds. The Morgan fingerprint density at radius 2 is 1.17 bits per heavy atom. The molecule has 286 valence electrons. The third-order valence-electron chi connectivity index (χ3n) is 8.84. The maximum atomic E-state index is 6.59. The van der Waals surface area contributed by atoms with Gasteiger partial charge in [0.15, 0.2) is 5.96 Å². The minimum atomic E-state index is -0.294. The van der Waals surface area contributed by atoms with E-state index in [-0.39, 0.29) is 28.0 Å². The highest BCUT2D eigenvalue weighted by atomic mass is 15.3. The summed E-state index contributed by atoms with van der Waals surface area (Å²) in [6.45, 7) is 37.4. The van der Waals surface area contributed by atoms with Crippen LogP contribution in [0.2, 0.25) is 0 Å². The SMILES string of the molecule is CC(C)(C)CC(C)(C)N=C(N)/N=C(\N)N(CCCCCCN)C1CC(C)(C)NC(C)(C)C1.CCC.CCCC1CC(C)(C)NC(C)(C)C1. The van der Waals surface area contributed by atoms with Crippen molar-refractivity contribution in [2.24, 2.45) is 38.5 Å². The van der Waals surface area contributed by atoms with E-state index < -0.39 is 0 Å².